The molecule has 0 spiro atoms. The van der Waals surface area contributed by atoms with Crippen molar-refractivity contribution in [3.05, 3.63) is 73.6 Å². The lowest BCUT2D eigenvalue weighted by Gasteiger charge is -2.06. The quantitative estimate of drug-likeness (QED) is 0.415. The van der Waals surface area contributed by atoms with Crippen LogP contribution in [0.2, 0.25) is 0 Å². The Bertz CT molecular complexity index is 802. The van der Waals surface area contributed by atoms with E-state index in [-0.39, 0.29) is 32.1 Å². The Labute approximate surface area is 152 Å². The maximum absolute atomic E-state index is 12.6. The molecule has 0 saturated carbocycles. The summed E-state index contributed by atoms with van der Waals surface area (Å²) in [5.74, 6) is -0.891. The van der Waals surface area contributed by atoms with E-state index in [1.165, 1.54) is 18.2 Å². The summed E-state index contributed by atoms with van der Waals surface area (Å²) in [6.45, 7) is -0.416. The van der Waals surface area contributed by atoms with Crippen LogP contribution in [0.15, 0.2) is 36.4 Å². The van der Waals surface area contributed by atoms with Crippen LogP contribution in [0.25, 0.3) is 0 Å². The molecule has 0 bridgehead atoms. The molecule has 0 aromatic heterocycles. The lowest BCUT2D eigenvalue weighted by Crippen LogP contribution is -2.07. The average molecular weight is 383 g/mol. The number of aliphatic hydroxyl groups excluding tert-OH is 3. The zero-order valence-electron chi connectivity index (χ0n) is 14.0. The van der Waals surface area contributed by atoms with E-state index >= 15 is 0 Å². The first-order valence-electron chi connectivity index (χ1n) is 7.60. The first kappa shape index (κ1) is 21.9. The molecule has 0 aliphatic carbocycles. The predicted molar refractivity (Wildman–Crippen MR) is 93.6 cm³/mol. The van der Waals surface area contributed by atoms with Gasteiger partial charge < -0.3 is 20.6 Å². The van der Waals surface area contributed by atoms with E-state index in [1.54, 1.807) is 6.07 Å². The molecule has 146 valence electrons. The van der Waals surface area contributed by atoms with Crippen molar-refractivity contribution >= 4 is 17.1 Å². The molecule has 2 aromatic carbocycles. The van der Waals surface area contributed by atoms with Gasteiger partial charge in [0.1, 0.15) is 5.69 Å². The van der Waals surface area contributed by atoms with Gasteiger partial charge in [-0.25, -0.2) is 0 Å². The van der Waals surface area contributed by atoms with Crippen molar-refractivity contribution in [3.63, 3.8) is 0 Å². The average Bonchev–Trinajstić information content (AvgIpc) is 2.66. The monoisotopic (exact) mass is 383 g/mol. The summed E-state index contributed by atoms with van der Waals surface area (Å²) in [6, 6.07) is 7.67. The number of hydrogen-bond acceptors (Lipinski definition) is 8. The molecule has 10 nitrogen and oxygen atoms in total. The highest BCUT2D eigenvalue weighted by Crippen LogP contribution is 2.25. The largest absolute Gasteiger partial charge is 0.395 e. The first-order chi connectivity index (χ1) is 12.8. The molecule has 0 heterocycles. The van der Waals surface area contributed by atoms with Gasteiger partial charge in [0, 0.05) is 18.7 Å². The zero-order valence-corrected chi connectivity index (χ0v) is 14.0. The highest BCUT2D eigenvalue weighted by Gasteiger charge is 2.14. The van der Waals surface area contributed by atoms with E-state index in [9.17, 15) is 24.6 Å². The maximum Gasteiger partial charge on any atom is 0.305 e. The summed E-state index contributed by atoms with van der Waals surface area (Å²) in [4.78, 5) is 19.5. The van der Waals surface area contributed by atoms with Crippen molar-refractivity contribution in [2.45, 2.75) is 13.2 Å². The molecule has 0 unspecified atom stereocenters. The lowest BCUT2D eigenvalue weighted by atomic mass is 10.2. The van der Waals surface area contributed by atoms with Crippen LogP contribution in [0.3, 0.4) is 0 Å². The van der Waals surface area contributed by atoms with Crippen molar-refractivity contribution < 1.29 is 29.6 Å². The minimum atomic E-state index is -0.891. The molecule has 0 fully saturated rings. The first-order valence-corrected chi connectivity index (χ1v) is 7.60. The van der Waals surface area contributed by atoms with Gasteiger partial charge >= 0.3 is 5.69 Å². The molecule has 0 saturated heterocycles. The van der Waals surface area contributed by atoms with E-state index in [0.29, 0.717) is 16.8 Å². The third-order valence-electron chi connectivity index (χ3n) is 3.26. The fraction of sp³-hybridized carbons (Fsp3) is 0.250. The molecule has 2 rings (SSSR count). The molecule has 11 heteroatoms. The number of hydrogen-bond donors (Lipinski definition) is 4. The highest BCUT2D eigenvalue weighted by molar-refractivity contribution is 5.62. The van der Waals surface area contributed by atoms with Gasteiger partial charge in [-0.1, -0.05) is 12.1 Å². The second kappa shape index (κ2) is 10.8. The maximum atomic E-state index is 12.6. The fourth-order valence-corrected chi connectivity index (χ4v) is 1.96. The Morgan fingerprint density at radius 3 is 1.89 bits per heavy atom. The van der Waals surface area contributed by atoms with Crippen molar-refractivity contribution in [1.82, 2.24) is 0 Å². The Morgan fingerprint density at radius 1 is 0.889 bits per heavy atom. The molecule has 0 aliphatic heterocycles. The van der Waals surface area contributed by atoms with Crippen LogP contribution in [-0.2, 0) is 13.2 Å². The minimum Gasteiger partial charge on any atom is -0.395 e. The second-order valence-electron chi connectivity index (χ2n) is 5.12. The van der Waals surface area contributed by atoms with E-state index < -0.39 is 21.4 Å². The van der Waals surface area contributed by atoms with E-state index in [2.05, 4.69) is 5.32 Å². The summed E-state index contributed by atoms with van der Waals surface area (Å²) in [7, 11) is 0. The smallest absolute Gasteiger partial charge is 0.305 e. The zero-order chi connectivity index (χ0) is 20.4. The number of halogens is 1. The Hall–Kier alpha value is -3.15. The predicted octanol–water partition coefficient (Wildman–Crippen LogP) is 1.72. The number of nitro groups is 2. The summed E-state index contributed by atoms with van der Waals surface area (Å²) < 4.78 is 12.6. The molecule has 0 radical (unpaired) electrons. The topological polar surface area (TPSA) is 159 Å². The third kappa shape index (κ3) is 6.58. The van der Waals surface area contributed by atoms with Crippen molar-refractivity contribution in [3.8, 4) is 0 Å². The van der Waals surface area contributed by atoms with Crippen molar-refractivity contribution in [1.29, 1.82) is 0 Å². The van der Waals surface area contributed by atoms with Gasteiger partial charge in [0.05, 0.1) is 29.7 Å². The third-order valence-corrected chi connectivity index (χ3v) is 3.26. The minimum absolute atomic E-state index is 0.0983. The molecule has 27 heavy (non-hydrogen) atoms. The van der Waals surface area contributed by atoms with Gasteiger partial charge in [0.2, 0.25) is 5.82 Å². The summed E-state index contributed by atoms with van der Waals surface area (Å²) in [5.41, 5.74) is 0.433. The van der Waals surface area contributed by atoms with Gasteiger partial charge in [-0.3, -0.25) is 20.2 Å². The summed E-state index contributed by atoms with van der Waals surface area (Å²) in [6.07, 6.45) is 0. The molecule has 2 aromatic rings. The molecule has 0 atom stereocenters. The fourth-order valence-electron chi connectivity index (χ4n) is 1.96. The van der Waals surface area contributed by atoms with Crippen molar-refractivity contribution in [2.24, 2.45) is 0 Å². The van der Waals surface area contributed by atoms with E-state index in [1.807, 2.05) is 0 Å². The van der Waals surface area contributed by atoms with E-state index in [0.717, 1.165) is 12.1 Å². The Balaban J connectivity index is 0.000000277. The SMILES string of the molecule is O=[N+]([O-])c1cc(CO)ccc1F.O=[N+]([O-])c1cc(CO)ccc1NCCO. The lowest BCUT2D eigenvalue weighted by molar-refractivity contribution is -0.387. The van der Waals surface area contributed by atoms with Gasteiger partial charge in [-0.15, -0.1) is 0 Å². The molecule has 0 amide bonds. The molecular formula is C16H18FN3O7. The van der Waals surface area contributed by atoms with Crippen LogP contribution in [-0.4, -0.2) is 38.3 Å². The van der Waals surface area contributed by atoms with Crippen molar-refractivity contribution in [2.75, 3.05) is 18.5 Å². The highest BCUT2D eigenvalue weighted by atomic mass is 19.1. The standard InChI is InChI=1S/C9H12N2O4.C7H6FNO3/c12-4-3-10-8-2-1-7(6-13)5-9(8)11(14)15;8-6-2-1-5(4-10)3-7(6)9(11)12/h1-2,5,10,12-13H,3-4,6H2;1-3,10H,4H2. The Morgan fingerprint density at radius 2 is 1.41 bits per heavy atom. The van der Waals surface area contributed by atoms with Crippen LogP contribution in [0.5, 0.6) is 0 Å². The summed E-state index contributed by atoms with van der Waals surface area (Å²) >= 11 is 0. The van der Waals surface area contributed by atoms with Crippen LogP contribution in [0, 0.1) is 26.0 Å². The number of aliphatic hydroxyl groups is 3. The van der Waals surface area contributed by atoms with Gasteiger partial charge in [0.15, 0.2) is 0 Å². The molecule has 4 N–H and O–H groups in total. The molecule has 0 aliphatic rings. The van der Waals surface area contributed by atoms with Crippen LogP contribution >= 0.6 is 0 Å². The van der Waals surface area contributed by atoms with Gasteiger partial charge in [0.25, 0.3) is 5.69 Å². The van der Waals surface area contributed by atoms with Gasteiger partial charge in [-0.05, 0) is 23.3 Å². The van der Waals surface area contributed by atoms with Crippen LogP contribution in [0.1, 0.15) is 11.1 Å². The number of benzene rings is 2. The number of nitrogens with zero attached hydrogens (tertiary/aromatic N) is 2. The molecular weight excluding hydrogens is 365 g/mol. The summed E-state index contributed by atoms with van der Waals surface area (Å²) in [5, 5.41) is 49.6. The number of nitro benzene ring substituents is 2. The van der Waals surface area contributed by atoms with Crippen LogP contribution in [0.4, 0.5) is 21.5 Å². The van der Waals surface area contributed by atoms with E-state index in [4.69, 9.17) is 15.3 Å². The number of rotatable bonds is 7. The second-order valence-corrected chi connectivity index (χ2v) is 5.12. The normalized spacial score (nSPS) is 9.93. The van der Waals surface area contributed by atoms with Crippen LogP contribution < -0.4 is 5.32 Å². The number of nitrogens with one attached hydrogen (secondary N) is 1. The number of anilines is 1. The van der Waals surface area contributed by atoms with Gasteiger partial charge in [-0.2, -0.15) is 4.39 Å². The Kier molecular flexibility index (Phi) is 8.72.